The second kappa shape index (κ2) is 6.21. The molecule has 0 aromatic carbocycles. The van der Waals surface area contributed by atoms with Gasteiger partial charge in [0, 0.05) is 19.2 Å². The lowest BCUT2D eigenvalue weighted by Crippen LogP contribution is -2.37. The Labute approximate surface area is 106 Å². The van der Waals surface area contributed by atoms with Crippen LogP contribution in [0.1, 0.15) is 19.8 Å². The lowest BCUT2D eigenvalue weighted by atomic mass is 10.0. The SMILES string of the molecule is C#N.COC(=O)CON1C(=O)N2C[C@H]1CC[C@H]2C. The molecular weight excluding hydrogens is 238 g/mol. The van der Waals surface area contributed by atoms with Gasteiger partial charge in [-0.15, -0.1) is 0 Å². The third-order valence-electron chi connectivity index (χ3n) is 3.17. The van der Waals surface area contributed by atoms with Crippen molar-refractivity contribution in [2.24, 2.45) is 0 Å². The van der Waals surface area contributed by atoms with Gasteiger partial charge in [0.05, 0.1) is 13.2 Å². The van der Waals surface area contributed by atoms with Crippen LogP contribution >= 0.6 is 0 Å². The predicted octanol–water partition coefficient (Wildman–Crippen LogP) is 0.519. The quantitative estimate of drug-likeness (QED) is 0.686. The van der Waals surface area contributed by atoms with Gasteiger partial charge in [0.2, 0.25) is 0 Å². The molecule has 0 radical (unpaired) electrons. The van der Waals surface area contributed by atoms with Crippen molar-refractivity contribution in [1.29, 1.82) is 5.26 Å². The Morgan fingerprint density at radius 2 is 2.17 bits per heavy atom. The van der Waals surface area contributed by atoms with Crippen LogP contribution in [0.4, 0.5) is 4.79 Å². The van der Waals surface area contributed by atoms with E-state index in [0.29, 0.717) is 6.54 Å². The zero-order valence-electron chi connectivity index (χ0n) is 10.5. The number of nitrogens with zero attached hydrogens (tertiary/aromatic N) is 3. The number of nitriles is 1. The van der Waals surface area contributed by atoms with Crippen LogP contribution in [0.3, 0.4) is 0 Å². The number of fused-ring (bicyclic) bond motifs is 2. The molecule has 7 heteroatoms. The fourth-order valence-electron chi connectivity index (χ4n) is 2.17. The van der Waals surface area contributed by atoms with E-state index < -0.39 is 5.97 Å². The molecule has 0 aromatic rings. The maximum absolute atomic E-state index is 11.9. The van der Waals surface area contributed by atoms with E-state index in [4.69, 9.17) is 10.1 Å². The Morgan fingerprint density at radius 1 is 1.50 bits per heavy atom. The Morgan fingerprint density at radius 3 is 2.72 bits per heavy atom. The lowest BCUT2D eigenvalue weighted by molar-refractivity contribution is -0.170. The molecule has 0 N–H and O–H groups in total. The average molecular weight is 255 g/mol. The normalized spacial score (nSPS) is 25.4. The Balaban J connectivity index is 0.000000771. The smallest absolute Gasteiger partial charge is 0.344 e. The van der Waals surface area contributed by atoms with Crippen LogP contribution < -0.4 is 0 Å². The molecule has 18 heavy (non-hydrogen) atoms. The fraction of sp³-hybridized carbons (Fsp3) is 0.727. The first-order valence-electron chi connectivity index (χ1n) is 5.69. The number of hydrogen-bond acceptors (Lipinski definition) is 5. The molecule has 7 nitrogen and oxygen atoms in total. The molecule has 2 rings (SSSR count). The number of carbonyl (C=O) groups is 2. The molecule has 0 unspecified atom stereocenters. The van der Waals surface area contributed by atoms with E-state index in [1.807, 2.05) is 6.92 Å². The standard InChI is InChI=1S/C10H16N2O4.CHN/c1-7-3-4-8-5-11(7)10(14)12(8)16-6-9(13)15-2;1-2/h7-8H,3-6H2,1-2H3;1H/t7-,8-;/m1./s1. The molecule has 2 bridgehead atoms. The minimum absolute atomic E-state index is 0.0772. The zero-order valence-corrected chi connectivity index (χ0v) is 10.5. The maximum Gasteiger partial charge on any atom is 0.344 e. The van der Waals surface area contributed by atoms with Gasteiger partial charge in [-0.1, -0.05) is 0 Å². The van der Waals surface area contributed by atoms with Crippen molar-refractivity contribution in [3.05, 3.63) is 0 Å². The molecule has 0 aliphatic carbocycles. The first-order valence-corrected chi connectivity index (χ1v) is 5.69. The summed E-state index contributed by atoms with van der Waals surface area (Å²) >= 11 is 0. The summed E-state index contributed by atoms with van der Waals surface area (Å²) in [5.41, 5.74) is 0. The summed E-state index contributed by atoms with van der Waals surface area (Å²) in [5.74, 6) is -0.475. The van der Waals surface area contributed by atoms with Crippen molar-refractivity contribution in [2.75, 3.05) is 20.3 Å². The van der Waals surface area contributed by atoms with E-state index in [-0.39, 0.29) is 24.7 Å². The minimum Gasteiger partial charge on any atom is -0.467 e. The highest BCUT2D eigenvalue weighted by Gasteiger charge is 2.44. The van der Waals surface area contributed by atoms with Crippen LogP contribution in [0.15, 0.2) is 0 Å². The number of esters is 1. The van der Waals surface area contributed by atoms with Crippen molar-refractivity contribution in [2.45, 2.75) is 31.8 Å². The van der Waals surface area contributed by atoms with Crippen LogP contribution in [0.5, 0.6) is 0 Å². The Hall–Kier alpha value is -1.81. The number of hydroxylamine groups is 2. The monoisotopic (exact) mass is 255 g/mol. The van der Waals surface area contributed by atoms with Gasteiger partial charge in [-0.3, -0.25) is 4.84 Å². The number of rotatable bonds is 3. The van der Waals surface area contributed by atoms with Gasteiger partial charge in [-0.2, -0.15) is 5.06 Å². The zero-order chi connectivity index (χ0) is 13.7. The molecular formula is C11H17N3O4. The summed E-state index contributed by atoms with van der Waals surface area (Å²) in [6.45, 7) is 6.01. The fourth-order valence-corrected chi connectivity index (χ4v) is 2.17. The second-order valence-corrected chi connectivity index (χ2v) is 4.19. The maximum atomic E-state index is 11.9. The summed E-state index contributed by atoms with van der Waals surface area (Å²) in [6.07, 6.45) is 1.90. The summed E-state index contributed by atoms with van der Waals surface area (Å²) in [6, 6.07) is 0.197. The van der Waals surface area contributed by atoms with Gasteiger partial charge >= 0.3 is 12.0 Å². The highest BCUT2D eigenvalue weighted by atomic mass is 16.7. The van der Waals surface area contributed by atoms with Crippen LogP contribution in [0, 0.1) is 11.8 Å². The third-order valence-corrected chi connectivity index (χ3v) is 3.17. The van der Waals surface area contributed by atoms with Crippen molar-refractivity contribution < 1.29 is 19.2 Å². The molecule has 2 heterocycles. The van der Waals surface area contributed by atoms with Gasteiger partial charge in [0.25, 0.3) is 0 Å². The van der Waals surface area contributed by atoms with Crippen LogP contribution in [-0.2, 0) is 14.4 Å². The number of urea groups is 1. The number of hydrogen-bond donors (Lipinski definition) is 0. The first-order chi connectivity index (χ1) is 8.63. The first kappa shape index (κ1) is 14.3. The molecule has 2 amide bonds. The van der Waals surface area contributed by atoms with Gasteiger partial charge in [0.15, 0.2) is 6.61 Å². The summed E-state index contributed by atoms with van der Waals surface area (Å²) in [7, 11) is 1.29. The van der Waals surface area contributed by atoms with Gasteiger partial charge < -0.3 is 9.64 Å². The highest BCUT2D eigenvalue weighted by Crippen LogP contribution is 2.29. The number of piperidine rings is 1. The molecule has 100 valence electrons. The van der Waals surface area contributed by atoms with E-state index in [1.165, 1.54) is 12.2 Å². The van der Waals surface area contributed by atoms with Gasteiger partial charge in [0.1, 0.15) is 0 Å². The van der Waals surface area contributed by atoms with E-state index in [2.05, 4.69) is 11.3 Å². The van der Waals surface area contributed by atoms with E-state index >= 15 is 0 Å². The molecule has 2 fully saturated rings. The van der Waals surface area contributed by atoms with Gasteiger partial charge in [-0.25, -0.2) is 14.9 Å². The van der Waals surface area contributed by atoms with Crippen molar-refractivity contribution >= 4 is 12.0 Å². The summed E-state index contributed by atoms with van der Waals surface area (Å²) in [5, 5.41) is 7.82. The number of ether oxygens (including phenoxy) is 1. The molecule has 2 aliphatic heterocycles. The van der Waals surface area contributed by atoms with E-state index in [9.17, 15) is 9.59 Å². The average Bonchev–Trinajstić information content (AvgIpc) is 2.67. The molecule has 2 saturated heterocycles. The van der Waals surface area contributed by atoms with Crippen molar-refractivity contribution in [3.63, 3.8) is 0 Å². The summed E-state index contributed by atoms with van der Waals surface area (Å²) < 4.78 is 4.46. The molecule has 2 aliphatic rings. The molecule has 2 atom stereocenters. The van der Waals surface area contributed by atoms with Crippen LogP contribution in [-0.4, -0.2) is 54.3 Å². The summed E-state index contributed by atoms with van der Waals surface area (Å²) in [4.78, 5) is 29.8. The number of amides is 2. The second-order valence-electron chi connectivity index (χ2n) is 4.19. The predicted molar refractivity (Wildman–Crippen MR) is 61.1 cm³/mol. The van der Waals surface area contributed by atoms with Crippen molar-refractivity contribution in [1.82, 2.24) is 9.96 Å². The molecule has 0 saturated carbocycles. The minimum atomic E-state index is -0.475. The van der Waals surface area contributed by atoms with E-state index in [0.717, 1.165) is 12.8 Å². The Kier molecular flexibility index (Phi) is 4.92. The number of methoxy groups -OCH3 is 1. The van der Waals surface area contributed by atoms with E-state index in [1.54, 1.807) is 4.90 Å². The van der Waals surface area contributed by atoms with Crippen molar-refractivity contribution in [3.8, 4) is 6.57 Å². The largest absolute Gasteiger partial charge is 0.467 e. The number of carbonyl (C=O) groups excluding carboxylic acids is 2. The highest BCUT2D eigenvalue weighted by molar-refractivity contribution is 5.77. The third kappa shape index (κ3) is 2.71. The van der Waals surface area contributed by atoms with Gasteiger partial charge in [-0.05, 0) is 19.8 Å². The molecule has 0 spiro atoms. The molecule has 0 aromatic heterocycles. The van der Waals surface area contributed by atoms with Crippen LogP contribution in [0.25, 0.3) is 0 Å². The van der Waals surface area contributed by atoms with Crippen LogP contribution in [0.2, 0.25) is 0 Å². The lowest BCUT2D eigenvalue weighted by Gasteiger charge is -2.27. The topological polar surface area (TPSA) is 82.9 Å². The Bertz CT molecular complexity index is 344.